The van der Waals surface area contributed by atoms with Crippen LogP contribution in [-0.2, 0) is 22.6 Å². The van der Waals surface area contributed by atoms with Crippen molar-refractivity contribution < 1.29 is 14.3 Å². The van der Waals surface area contributed by atoms with Crippen molar-refractivity contribution in [1.29, 1.82) is 0 Å². The maximum atomic E-state index is 13.5. The van der Waals surface area contributed by atoms with Gasteiger partial charge < -0.3 is 10.1 Å². The van der Waals surface area contributed by atoms with Crippen LogP contribution in [-0.4, -0.2) is 11.6 Å². The van der Waals surface area contributed by atoms with Crippen molar-refractivity contribution in [1.82, 2.24) is 5.32 Å². The summed E-state index contributed by atoms with van der Waals surface area (Å²) in [6.07, 6.45) is 3.16. The molecular formula is C31H34ClNO3. The lowest BCUT2D eigenvalue weighted by molar-refractivity contribution is -0.119. The summed E-state index contributed by atoms with van der Waals surface area (Å²) in [4.78, 5) is 27.0. The molecule has 4 nitrogen and oxygen atoms in total. The van der Waals surface area contributed by atoms with Crippen LogP contribution >= 0.6 is 11.6 Å². The van der Waals surface area contributed by atoms with Gasteiger partial charge in [-0.25, -0.2) is 0 Å². The number of halogens is 1. The maximum absolute atomic E-state index is 13.5. The average molecular weight is 504 g/mol. The molecule has 0 unspecified atom stereocenters. The first-order chi connectivity index (χ1) is 17.0. The van der Waals surface area contributed by atoms with Crippen LogP contribution in [0.4, 0.5) is 0 Å². The van der Waals surface area contributed by atoms with Crippen LogP contribution in [0, 0.1) is 16.7 Å². The van der Waals surface area contributed by atoms with Gasteiger partial charge in [0.1, 0.15) is 12.4 Å². The Morgan fingerprint density at radius 1 is 0.806 bits per heavy atom. The summed E-state index contributed by atoms with van der Waals surface area (Å²) in [5.74, 6) is 0.802. The minimum Gasteiger partial charge on any atom is -0.489 e. The number of para-hydroxylation sites is 1. The second-order valence-electron chi connectivity index (χ2n) is 12.0. The van der Waals surface area contributed by atoms with Crippen LogP contribution in [0.5, 0.6) is 5.75 Å². The van der Waals surface area contributed by atoms with Gasteiger partial charge >= 0.3 is 0 Å². The number of ether oxygens (including phenoxy) is 1. The minimum atomic E-state index is -0.256. The molecule has 36 heavy (non-hydrogen) atoms. The van der Waals surface area contributed by atoms with Crippen LogP contribution in [0.15, 0.2) is 71.1 Å². The molecule has 1 N–H and O–H groups in total. The highest BCUT2D eigenvalue weighted by molar-refractivity contribution is 6.31. The van der Waals surface area contributed by atoms with E-state index in [0.717, 1.165) is 52.3 Å². The van der Waals surface area contributed by atoms with Crippen molar-refractivity contribution >= 4 is 23.2 Å². The van der Waals surface area contributed by atoms with Crippen molar-refractivity contribution in [3.63, 3.8) is 0 Å². The zero-order valence-electron chi connectivity index (χ0n) is 21.5. The van der Waals surface area contributed by atoms with E-state index < -0.39 is 0 Å². The van der Waals surface area contributed by atoms with Gasteiger partial charge in [0, 0.05) is 51.9 Å². The second-order valence-corrected chi connectivity index (χ2v) is 12.4. The highest BCUT2D eigenvalue weighted by atomic mass is 35.5. The summed E-state index contributed by atoms with van der Waals surface area (Å²) in [7, 11) is 0. The van der Waals surface area contributed by atoms with Gasteiger partial charge in [0.25, 0.3) is 0 Å². The number of Topliss-reactive ketones (excluding diaryl/α,β-unsaturated/α-hetero) is 2. The predicted octanol–water partition coefficient (Wildman–Crippen LogP) is 6.97. The largest absolute Gasteiger partial charge is 0.489 e. The van der Waals surface area contributed by atoms with E-state index >= 15 is 0 Å². The van der Waals surface area contributed by atoms with E-state index in [2.05, 4.69) is 33.0 Å². The lowest BCUT2D eigenvalue weighted by Gasteiger charge is -2.44. The van der Waals surface area contributed by atoms with Gasteiger partial charge in [0.2, 0.25) is 0 Å². The van der Waals surface area contributed by atoms with Crippen LogP contribution in [0.1, 0.15) is 64.5 Å². The van der Waals surface area contributed by atoms with Gasteiger partial charge in [-0.2, -0.15) is 0 Å². The zero-order chi connectivity index (χ0) is 25.7. The third-order valence-electron chi connectivity index (χ3n) is 7.58. The molecule has 2 aromatic carbocycles. The van der Waals surface area contributed by atoms with E-state index in [1.807, 2.05) is 48.5 Å². The summed E-state index contributed by atoms with van der Waals surface area (Å²) >= 11 is 6.34. The van der Waals surface area contributed by atoms with Gasteiger partial charge in [-0.3, -0.25) is 9.59 Å². The number of hydrogen-bond donors (Lipinski definition) is 1. The normalized spacial score (nSPS) is 21.1. The van der Waals surface area contributed by atoms with Gasteiger partial charge in [-0.15, -0.1) is 0 Å². The van der Waals surface area contributed by atoms with E-state index in [9.17, 15) is 9.59 Å². The fourth-order valence-corrected chi connectivity index (χ4v) is 6.23. The molecule has 0 aromatic heterocycles. The molecule has 5 rings (SSSR count). The van der Waals surface area contributed by atoms with Gasteiger partial charge in [-0.1, -0.05) is 75.7 Å². The SMILES string of the molecule is CC1(C)CC(=O)C2=C(C1)NC1=C(C(=O)CC(C)(C)C1)C2Cc1ccccc1OCc1ccccc1Cl. The maximum Gasteiger partial charge on any atom is 0.161 e. The molecule has 2 aliphatic carbocycles. The lowest BCUT2D eigenvalue weighted by atomic mass is 9.64. The molecule has 0 saturated carbocycles. The quantitative estimate of drug-likeness (QED) is 0.478. The molecule has 1 aliphatic heterocycles. The Kier molecular flexibility index (Phi) is 6.36. The third-order valence-corrected chi connectivity index (χ3v) is 7.95. The van der Waals surface area contributed by atoms with E-state index in [-0.39, 0.29) is 28.3 Å². The highest BCUT2D eigenvalue weighted by Crippen LogP contribution is 2.49. The van der Waals surface area contributed by atoms with Crippen molar-refractivity contribution in [2.75, 3.05) is 0 Å². The van der Waals surface area contributed by atoms with Crippen molar-refractivity contribution in [2.24, 2.45) is 16.7 Å². The monoisotopic (exact) mass is 503 g/mol. The molecule has 0 saturated heterocycles. The molecule has 0 amide bonds. The van der Waals surface area contributed by atoms with Crippen LogP contribution in [0.3, 0.4) is 0 Å². The van der Waals surface area contributed by atoms with Crippen LogP contribution in [0.25, 0.3) is 0 Å². The number of allylic oxidation sites excluding steroid dienone is 4. The lowest BCUT2D eigenvalue weighted by Crippen LogP contribution is -2.43. The summed E-state index contributed by atoms with van der Waals surface area (Å²) in [6.45, 7) is 8.92. The fraction of sp³-hybridized carbons (Fsp3) is 0.419. The van der Waals surface area contributed by atoms with Gasteiger partial charge in [0.05, 0.1) is 0 Å². The van der Waals surface area contributed by atoms with Crippen LogP contribution < -0.4 is 10.1 Å². The van der Waals surface area contributed by atoms with E-state index in [0.29, 0.717) is 30.9 Å². The van der Waals surface area contributed by atoms with E-state index in [1.54, 1.807) is 0 Å². The molecule has 0 atom stereocenters. The second kappa shape index (κ2) is 9.23. The first-order valence-corrected chi connectivity index (χ1v) is 13.1. The van der Waals surface area contributed by atoms with Crippen molar-refractivity contribution in [2.45, 2.75) is 66.4 Å². The molecule has 3 aliphatic rings. The van der Waals surface area contributed by atoms with Crippen molar-refractivity contribution in [3.8, 4) is 5.75 Å². The van der Waals surface area contributed by atoms with Gasteiger partial charge in [0.15, 0.2) is 11.6 Å². The predicted molar refractivity (Wildman–Crippen MR) is 143 cm³/mol. The van der Waals surface area contributed by atoms with E-state index in [1.165, 1.54) is 0 Å². The van der Waals surface area contributed by atoms with Crippen molar-refractivity contribution in [3.05, 3.63) is 87.2 Å². The number of carbonyl (C=O) groups is 2. The molecule has 188 valence electrons. The summed E-state index contributed by atoms with van der Waals surface area (Å²) in [6, 6.07) is 15.6. The summed E-state index contributed by atoms with van der Waals surface area (Å²) in [5.41, 5.74) is 5.29. The van der Waals surface area contributed by atoms with E-state index in [4.69, 9.17) is 16.3 Å². The number of benzene rings is 2. The Morgan fingerprint density at radius 2 is 1.33 bits per heavy atom. The number of nitrogens with one attached hydrogen (secondary N) is 1. The first-order valence-electron chi connectivity index (χ1n) is 12.8. The summed E-state index contributed by atoms with van der Waals surface area (Å²) in [5, 5.41) is 4.25. The molecule has 0 bridgehead atoms. The Labute approximate surface area is 218 Å². The molecule has 1 heterocycles. The first kappa shape index (κ1) is 24.8. The average Bonchev–Trinajstić information content (AvgIpc) is 2.77. The Hall–Kier alpha value is -2.85. The minimum absolute atomic E-state index is 0.101. The molecule has 0 fully saturated rings. The Bertz CT molecular complexity index is 1250. The number of ketones is 2. The zero-order valence-corrected chi connectivity index (χ0v) is 22.3. The number of rotatable bonds is 5. The number of dihydropyridines is 1. The molecule has 0 spiro atoms. The smallest absolute Gasteiger partial charge is 0.161 e. The Morgan fingerprint density at radius 3 is 1.92 bits per heavy atom. The highest BCUT2D eigenvalue weighted by Gasteiger charge is 2.45. The number of carbonyl (C=O) groups excluding carboxylic acids is 2. The number of hydrogen-bond acceptors (Lipinski definition) is 4. The molecule has 2 aromatic rings. The standard InChI is InChI=1S/C31H34ClNO3/c1-30(2)14-23-28(25(34)16-30)21(29-24(33-23)15-31(3,4)17-26(29)35)13-19-9-6-8-12-27(19)36-18-20-10-5-7-11-22(20)32/h5-12,21,33H,13-18H2,1-4H3. The molecule has 5 heteroatoms. The fourth-order valence-electron chi connectivity index (χ4n) is 6.04. The topological polar surface area (TPSA) is 55.4 Å². The summed E-state index contributed by atoms with van der Waals surface area (Å²) < 4.78 is 6.24. The Balaban J connectivity index is 1.52. The van der Waals surface area contributed by atoms with Gasteiger partial charge in [-0.05, 0) is 47.8 Å². The molecular weight excluding hydrogens is 470 g/mol. The third kappa shape index (κ3) is 4.88. The molecule has 0 radical (unpaired) electrons. The van der Waals surface area contributed by atoms with Crippen LogP contribution in [0.2, 0.25) is 5.02 Å².